The smallest absolute Gasteiger partial charge is 0.258 e. The van der Waals surface area contributed by atoms with Gasteiger partial charge in [-0.2, -0.15) is 5.26 Å². The van der Waals surface area contributed by atoms with Crippen molar-refractivity contribution < 1.29 is 4.79 Å². The van der Waals surface area contributed by atoms with Crippen LogP contribution in [0.15, 0.2) is 46.9 Å². The van der Waals surface area contributed by atoms with E-state index in [0.29, 0.717) is 22.5 Å². The van der Waals surface area contributed by atoms with E-state index in [-0.39, 0.29) is 5.91 Å². The standard InChI is InChI=1S/C15H12BrN3O/c1-19(14-7-6-12(16)8-13(14)18)15(20)11-4-2-10(9-17)3-5-11/h2-8H,18H2,1H3. The third kappa shape index (κ3) is 2.81. The van der Waals surface area contributed by atoms with Crippen molar-refractivity contribution >= 4 is 33.2 Å². The second-order valence-electron chi connectivity index (χ2n) is 4.26. The highest BCUT2D eigenvalue weighted by molar-refractivity contribution is 9.10. The van der Waals surface area contributed by atoms with Crippen molar-refractivity contribution in [2.24, 2.45) is 0 Å². The SMILES string of the molecule is CN(C(=O)c1ccc(C#N)cc1)c1ccc(Br)cc1N. The zero-order valence-corrected chi connectivity index (χ0v) is 12.4. The number of anilines is 2. The van der Waals surface area contributed by atoms with Gasteiger partial charge in [0.05, 0.1) is 23.0 Å². The third-order valence-corrected chi connectivity index (χ3v) is 3.41. The summed E-state index contributed by atoms with van der Waals surface area (Å²) >= 11 is 3.33. The van der Waals surface area contributed by atoms with Crippen molar-refractivity contribution in [3.8, 4) is 6.07 Å². The minimum Gasteiger partial charge on any atom is -0.397 e. The van der Waals surface area contributed by atoms with Crippen LogP contribution in [0.2, 0.25) is 0 Å². The van der Waals surface area contributed by atoms with Crippen molar-refractivity contribution in [1.29, 1.82) is 5.26 Å². The van der Waals surface area contributed by atoms with Crippen LogP contribution < -0.4 is 10.6 Å². The molecule has 2 aromatic rings. The summed E-state index contributed by atoms with van der Waals surface area (Å²) in [5, 5.41) is 8.75. The lowest BCUT2D eigenvalue weighted by Gasteiger charge is -2.19. The first kappa shape index (κ1) is 14.1. The Labute approximate surface area is 125 Å². The molecule has 2 aromatic carbocycles. The van der Waals surface area contributed by atoms with E-state index in [1.807, 2.05) is 12.1 Å². The van der Waals surface area contributed by atoms with E-state index in [1.54, 1.807) is 43.4 Å². The minimum atomic E-state index is -0.177. The minimum absolute atomic E-state index is 0.177. The lowest BCUT2D eigenvalue weighted by atomic mass is 10.1. The van der Waals surface area contributed by atoms with Crippen molar-refractivity contribution in [2.45, 2.75) is 0 Å². The van der Waals surface area contributed by atoms with Gasteiger partial charge in [-0.05, 0) is 42.5 Å². The number of rotatable bonds is 2. The van der Waals surface area contributed by atoms with Gasteiger partial charge in [-0.25, -0.2) is 0 Å². The van der Waals surface area contributed by atoms with Crippen LogP contribution in [0.1, 0.15) is 15.9 Å². The molecule has 0 spiro atoms. The predicted molar refractivity (Wildman–Crippen MR) is 82.4 cm³/mol. The first-order chi connectivity index (χ1) is 9.52. The number of nitrogens with zero attached hydrogens (tertiary/aromatic N) is 2. The zero-order valence-electron chi connectivity index (χ0n) is 10.8. The van der Waals surface area contributed by atoms with Gasteiger partial charge >= 0.3 is 0 Å². The van der Waals surface area contributed by atoms with Gasteiger partial charge in [-0.15, -0.1) is 0 Å². The maximum Gasteiger partial charge on any atom is 0.258 e. The monoisotopic (exact) mass is 329 g/mol. The molecule has 4 nitrogen and oxygen atoms in total. The molecule has 1 amide bonds. The van der Waals surface area contributed by atoms with Gasteiger partial charge in [-0.3, -0.25) is 4.79 Å². The highest BCUT2D eigenvalue weighted by Crippen LogP contribution is 2.26. The maximum absolute atomic E-state index is 12.4. The van der Waals surface area contributed by atoms with Crippen LogP contribution in [0.5, 0.6) is 0 Å². The molecule has 0 atom stereocenters. The van der Waals surface area contributed by atoms with Gasteiger partial charge in [0, 0.05) is 17.1 Å². The van der Waals surface area contributed by atoms with Gasteiger partial charge in [0.1, 0.15) is 0 Å². The average molecular weight is 330 g/mol. The quantitative estimate of drug-likeness (QED) is 0.860. The summed E-state index contributed by atoms with van der Waals surface area (Å²) in [5.41, 5.74) is 8.10. The summed E-state index contributed by atoms with van der Waals surface area (Å²) in [7, 11) is 1.67. The number of nitriles is 1. The van der Waals surface area contributed by atoms with Gasteiger partial charge in [0.2, 0.25) is 0 Å². The molecule has 0 fully saturated rings. The number of benzene rings is 2. The summed E-state index contributed by atoms with van der Waals surface area (Å²) < 4.78 is 0.859. The van der Waals surface area contributed by atoms with E-state index in [9.17, 15) is 4.79 Å². The Kier molecular flexibility index (Phi) is 4.06. The lowest BCUT2D eigenvalue weighted by Crippen LogP contribution is -2.27. The van der Waals surface area contributed by atoms with Crippen molar-refractivity contribution in [2.75, 3.05) is 17.7 Å². The Balaban J connectivity index is 2.30. The number of hydrogen-bond donors (Lipinski definition) is 1. The number of nitrogen functional groups attached to an aromatic ring is 1. The van der Waals surface area contributed by atoms with Crippen LogP contribution in [0, 0.1) is 11.3 Å². The second-order valence-corrected chi connectivity index (χ2v) is 5.17. The lowest BCUT2D eigenvalue weighted by molar-refractivity contribution is 0.0993. The second kappa shape index (κ2) is 5.76. The number of nitrogens with two attached hydrogens (primary N) is 1. The Hall–Kier alpha value is -2.32. The molecule has 20 heavy (non-hydrogen) atoms. The van der Waals surface area contributed by atoms with Crippen LogP contribution >= 0.6 is 15.9 Å². The first-order valence-electron chi connectivity index (χ1n) is 5.86. The molecular formula is C15H12BrN3O. The normalized spacial score (nSPS) is 9.85. The van der Waals surface area contributed by atoms with Gasteiger partial charge in [0.25, 0.3) is 5.91 Å². The summed E-state index contributed by atoms with van der Waals surface area (Å²) in [6.07, 6.45) is 0. The molecule has 2 N–H and O–H groups in total. The van der Waals surface area contributed by atoms with Gasteiger partial charge in [0.15, 0.2) is 0 Å². The van der Waals surface area contributed by atoms with Crippen molar-refractivity contribution in [3.63, 3.8) is 0 Å². The average Bonchev–Trinajstić information content (AvgIpc) is 2.46. The molecule has 0 unspecified atom stereocenters. The van der Waals surface area contributed by atoms with E-state index in [0.717, 1.165) is 4.47 Å². The molecule has 0 saturated heterocycles. The number of carbonyl (C=O) groups excluding carboxylic acids is 1. The van der Waals surface area contributed by atoms with E-state index in [1.165, 1.54) is 4.90 Å². The first-order valence-corrected chi connectivity index (χ1v) is 6.65. The van der Waals surface area contributed by atoms with Crippen LogP contribution in [0.4, 0.5) is 11.4 Å². The van der Waals surface area contributed by atoms with Gasteiger partial charge < -0.3 is 10.6 Å². The van der Waals surface area contributed by atoms with E-state index < -0.39 is 0 Å². The van der Waals surface area contributed by atoms with Crippen LogP contribution in [-0.4, -0.2) is 13.0 Å². The van der Waals surface area contributed by atoms with Crippen molar-refractivity contribution in [3.05, 3.63) is 58.1 Å². The summed E-state index contributed by atoms with van der Waals surface area (Å²) in [6.45, 7) is 0. The largest absolute Gasteiger partial charge is 0.397 e. The number of halogens is 1. The highest BCUT2D eigenvalue weighted by Gasteiger charge is 2.15. The Morgan fingerprint density at radius 2 is 1.90 bits per heavy atom. The van der Waals surface area contributed by atoms with Crippen LogP contribution in [0.25, 0.3) is 0 Å². The molecule has 0 aromatic heterocycles. The molecule has 2 rings (SSSR count). The third-order valence-electron chi connectivity index (χ3n) is 2.92. The Morgan fingerprint density at radius 3 is 2.45 bits per heavy atom. The number of carbonyl (C=O) groups is 1. The molecule has 0 heterocycles. The predicted octanol–water partition coefficient (Wildman–Crippen LogP) is 3.18. The van der Waals surface area contributed by atoms with E-state index in [2.05, 4.69) is 15.9 Å². The number of amides is 1. The molecule has 0 radical (unpaired) electrons. The van der Waals surface area contributed by atoms with Crippen molar-refractivity contribution in [1.82, 2.24) is 0 Å². The molecule has 0 bridgehead atoms. The highest BCUT2D eigenvalue weighted by atomic mass is 79.9. The molecule has 0 aliphatic carbocycles. The summed E-state index contributed by atoms with van der Waals surface area (Å²) in [5.74, 6) is -0.177. The fourth-order valence-corrected chi connectivity index (χ4v) is 2.20. The molecule has 0 saturated carbocycles. The topological polar surface area (TPSA) is 70.1 Å². The fraction of sp³-hybridized carbons (Fsp3) is 0.0667. The maximum atomic E-state index is 12.4. The molecule has 100 valence electrons. The molecule has 0 aliphatic rings. The zero-order chi connectivity index (χ0) is 14.7. The number of hydrogen-bond acceptors (Lipinski definition) is 3. The van der Waals surface area contributed by atoms with Crippen LogP contribution in [0.3, 0.4) is 0 Å². The summed E-state index contributed by atoms with van der Waals surface area (Å²) in [6, 6.07) is 13.9. The Bertz CT molecular complexity index is 689. The molecule has 5 heteroatoms. The Morgan fingerprint density at radius 1 is 1.25 bits per heavy atom. The van der Waals surface area contributed by atoms with Crippen LogP contribution in [-0.2, 0) is 0 Å². The molecular weight excluding hydrogens is 318 g/mol. The van der Waals surface area contributed by atoms with E-state index in [4.69, 9.17) is 11.0 Å². The summed E-state index contributed by atoms with van der Waals surface area (Å²) in [4.78, 5) is 13.8. The van der Waals surface area contributed by atoms with E-state index >= 15 is 0 Å². The fourth-order valence-electron chi connectivity index (χ4n) is 1.82. The molecule has 0 aliphatic heterocycles. The van der Waals surface area contributed by atoms with Gasteiger partial charge in [-0.1, -0.05) is 15.9 Å².